The largest absolute Gasteiger partial charge is 0.458 e. The van der Waals surface area contributed by atoms with Gasteiger partial charge in [-0.05, 0) is 12.1 Å². The topological polar surface area (TPSA) is 89.9 Å². The standard InChI is InChI=1S/C10H10O6S/c1-2-7-15-10(11)8-5-3-4-6-9(8)16-17(12,13)14/h2-6H,1,7H2,(H,12,13,14). The lowest BCUT2D eigenvalue weighted by Crippen LogP contribution is -2.12. The van der Waals surface area contributed by atoms with Crippen LogP contribution in [0.15, 0.2) is 36.9 Å². The normalized spacial score (nSPS) is 10.6. The van der Waals surface area contributed by atoms with Crippen LogP contribution in [0.5, 0.6) is 5.75 Å². The van der Waals surface area contributed by atoms with Crippen molar-refractivity contribution in [2.75, 3.05) is 6.61 Å². The molecule has 0 saturated heterocycles. The van der Waals surface area contributed by atoms with Gasteiger partial charge in [-0.1, -0.05) is 24.8 Å². The molecule has 6 nitrogen and oxygen atoms in total. The van der Waals surface area contributed by atoms with E-state index in [-0.39, 0.29) is 17.9 Å². The van der Waals surface area contributed by atoms with Crippen molar-refractivity contribution < 1.29 is 26.7 Å². The molecular formula is C10H10O6S. The smallest absolute Gasteiger partial charge is 0.446 e. The minimum absolute atomic E-state index is 0.0148. The van der Waals surface area contributed by atoms with E-state index < -0.39 is 16.4 Å². The molecule has 0 atom stereocenters. The Bertz CT molecular complexity index is 519. The molecule has 0 heterocycles. The minimum Gasteiger partial charge on any atom is -0.458 e. The maximum Gasteiger partial charge on any atom is 0.446 e. The summed E-state index contributed by atoms with van der Waals surface area (Å²) in [5, 5.41) is 0. The predicted octanol–water partition coefficient (Wildman–Crippen LogP) is 1.21. The first-order chi connectivity index (χ1) is 7.94. The number of benzene rings is 1. The highest BCUT2D eigenvalue weighted by atomic mass is 32.3. The molecule has 0 fully saturated rings. The van der Waals surface area contributed by atoms with Gasteiger partial charge in [0, 0.05) is 0 Å². The Balaban J connectivity index is 2.99. The van der Waals surface area contributed by atoms with Crippen molar-refractivity contribution >= 4 is 16.4 Å². The van der Waals surface area contributed by atoms with E-state index in [0.717, 1.165) is 0 Å². The van der Waals surface area contributed by atoms with Crippen molar-refractivity contribution in [2.45, 2.75) is 0 Å². The monoisotopic (exact) mass is 258 g/mol. The molecule has 7 heteroatoms. The molecule has 0 aliphatic rings. The molecule has 1 aromatic rings. The second kappa shape index (κ2) is 5.46. The molecule has 1 N–H and O–H groups in total. The Morgan fingerprint density at radius 2 is 2.06 bits per heavy atom. The maximum absolute atomic E-state index is 11.5. The van der Waals surface area contributed by atoms with E-state index in [9.17, 15) is 13.2 Å². The first kappa shape index (κ1) is 13.2. The lowest BCUT2D eigenvalue weighted by atomic mass is 10.2. The van der Waals surface area contributed by atoms with Gasteiger partial charge in [-0.15, -0.1) is 0 Å². The summed E-state index contributed by atoms with van der Waals surface area (Å²) >= 11 is 0. The third-order valence-electron chi connectivity index (χ3n) is 1.63. The average molecular weight is 258 g/mol. The first-order valence-corrected chi connectivity index (χ1v) is 5.84. The summed E-state index contributed by atoms with van der Waals surface area (Å²) in [6.07, 6.45) is 1.37. The van der Waals surface area contributed by atoms with Gasteiger partial charge in [0.15, 0.2) is 5.75 Å². The summed E-state index contributed by atoms with van der Waals surface area (Å²) in [6, 6.07) is 5.48. The van der Waals surface area contributed by atoms with Crippen LogP contribution in [0.1, 0.15) is 10.4 Å². The summed E-state index contributed by atoms with van der Waals surface area (Å²) < 4.78 is 38.6. The van der Waals surface area contributed by atoms with E-state index in [2.05, 4.69) is 10.8 Å². The second-order valence-corrected chi connectivity index (χ2v) is 3.92. The molecule has 0 saturated carbocycles. The number of carbonyl (C=O) groups is 1. The third kappa shape index (κ3) is 4.25. The van der Waals surface area contributed by atoms with E-state index >= 15 is 0 Å². The summed E-state index contributed by atoms with van der Waals surface area (Å²) in [5.41, 5.74) is -0.105. The number of para-hydroxylation sites is 1. The van der Waals surface area contributed by atoms with E-state index in [0.29, 0.717) is 0 Å². The quantitative estimate of drug-likeness (QED) is 0.485. The van der Waals surface area contributed by atoms with Crippen LogP contribution in [0.3, 0.4) is 0 Å². The molecule has 1 rings (SSSR count). The molecule has 0 unspecified atom stereocenters. The van der Waals surface area contributed by atoms with Gasteiger partial charge in [-0.25, -0.2) is 4.79 Å². The van der Waals surface area contributed by atoms with Crippen molar-refractivity contribution in [1.29, 1.82) is 0 Å². The van der Waals surface area contributed by atoms with Gasteiger partial charge < -0.3 is 8.92 Å². The van der Waals surface area contributed by atoms with Crippen LogP contribution in [-0.4, -0.2) is 25.5 Å². The molecule has 92 valence electrons. The molecular weight excluding hydrogens is 248 g/mol. The van der Waals surface area contributed by atoms with Crippen LogP contribution in [-0.2, 0) is 15.1 Å². The van der Waals surface area contributed by atoms with Crippen molar-refractivity contribution in [3.05, 3.63) is 42.5 Å². The molecule has 0 aliphatic carbocycles. The molecule has 0 amide bonds. The Labute approximate surface area is 98.4 Å². The van der Waals surface area contributed by atoms with Gasteiger partial charge in [-0.2, -0.15) is 8.42 Å². The Hall–Kier alpha value is -1.86. The van der Waals surface area contributed by atoms with Gasteiger partial charge in [0.05, 0.1) is 0 Å². The number of hydrogen-bond donors (Lipinski definition) is 1. The minimum atomic E-state index is -4.68. The highest BCUT2D eigenvalue weighted by molar-refractivity contribution is 7.81. The maximum atomic E-state index is 11.5. The average Bonchev–Trinajstić information content (AvgIpc) is 2.24. The van der Waals surface area contributed by atoms with Gasteiger partial charge in [0.1, 0.15) is 12.2 Å². The van der Waals surface area contributed by atoms with Gasteiger partial charge in [0.2, 0.25) is 0 Å². The van der Waals surface area contributed by atoms with Crippen LogP contribution in [0.25, 0.3) is 0 Å². The zero-order valence-electron chi connectivity index (χ0n) is 8.70. The second-order valence-electron chi connectivity index (χ2n) is 2.89. The first-order valence-electron chi connectivity index (χ1n) is 4.48. The van der Waals surface area contributed by atoms with Crippen molar-refractivity contribution in [2.24, 2.45) is 0 Å². The van der Waals surface area contributed by atoms with Crippen molar-refractivity contribution in [3.8, 4) is 5.75 Å². The summed E-state index contributed by atoms with van der Waals surface area (Å²) in [5.74, 6) is -1.08. The number of hydrogen-bond acceptors (Lipinski definition) is 5. The zero-order valence-corrected chi connectivity index (χ0v) is 9.51. The lowest BCUT2D eigenvalue weighted by Gasteiger charge is -2.07. The Kier molecular flexibility index (Phi) is 4.24. The third-order valence-corrected chi connectivity index (χ3v) is 2.02. The fraction of sp³-hybridized carbons (Fsp3) is 0.100. The van der Waals surface area contributed by atoms with Gasteiger partial charge >= 0.3 is 16.4 Å². The van der Waals surface area contributed by atoms with E-state index in [4.69, 9.17) is 9.29 Å². The van der Waals surface area contributed by atoms with Gasteiger partial charge in [-0.3, -0.25) is 4.55 Å². The number of ether oxygens (including phenoxy) is 1. The Morgan fingerprint density at radius 3 is 2.65 bits per heavy atom. The molecule has 1 aromatic carbocycles. The number of rotatable bonds is 5. The van der Waals surface area contributed by atoms with E-state index in [1.165, 1.54) is 30.3 Å². The van der Waals surface area contributed by atoms with Crippen LogP contribution >= 0.6 is 0 Å². The van der Waals surface area contributed by atoms with Gasteiger partial charge in [0.25, 0.3) is 0 Å². The number of carbonyl (C=O) groups excluding carboxylic acids is 1. The van der Waals surface area contributed by atoms with E-state index in [1.54, 1.807) is 0 Å². The molecule has 0 aliphatic heterocycles. The van der Waals surface area contributed by atoms with Crippen LogP contribution in [0.2, 0.25) is 0 Å². The molecule has 17 heavy (non-hydrogen) atoms. The molecule has 0 bridgehead atoms. The zero-order chi connectivity index (χ0) is 12.9. The molecule has 0 radical (unpaired) electrons. The van der Waals surface area contributed by atoms with Crippen LogP contribution in [0.4, 0.5) is 0 Å². The Morgan fingerprint density at radius 1 is 1.41 bits per heavy atom. The highest BCUT2D eigenvalue weighted by Gasteiger charge is 2.17. The predicted molar refractivity (Wildman–Crippen MR) is 59.1 cm³/mol. The lowest BCUT2D eigenvalue weighted by molar-refractivity contribution is 0.0548. The SMILES string of the molecule is C=CCOC(=O)c1ccccc1OS(=O)(=O)O. The summed E-state index contributed by atoms with van der Waals surface area (Å²) in [4.78, 5) is 11.5. The summed E-state index contributed by atoms with van der Waals surface area (Å²) in [7, 11) is -4.68. The molecule has 0 aromatic heterocycles. The fourth-order valence-corrected chi connectivity index (χ4v) is 1.41. The number of esters is 1. The van der Waals surface area contributed by atoms with E-state index in [1.807, 2.05) is 0 Å². The molecule has 0 spiro atoms. The highest BCUT2D eigenvalue weighted by Crippen LogP contribution is 2.20. The van der Waals surface area contributed by atoms with Crippen LogP contribution in [0, 0.1) is 0 Å². The van der Waals surface area contributed by atoms with Crippen molar-refractivity contribution in [3.63, 3.8) is 0 Å². The van der Waals surface area contributed by atoms with Crippen molar-refractivity contribution in [1.82, 2.24) is 0 Å². The van der Waals surface area contributed by atoms with Crippen LogP contribution < -0.4 is 4.18 Å². The fourth-order valence-electron chi connectivity index (χ4n) is 1.03. The summed E-state index contributed by atoms with van der Waals surface area (Å²) in [6.45, 7) is 3.35.